The number of carbonyl (C=O) groups is 3. The van der Waals surface area contributed by atoms with Gasteiger partial charge in [0.25, 0.3) is 0 Å². The van der Waals surface area contributed by atoms with Crippen LogP contribution in [0.3, 0.4) is 0 Å². The summed E-state index contributed by atoms with van der Waals surface area (Å²) in [5, 5.41) is 0. The number of rotatable bonds is 57. The second-order valence-electron chi connectivity index (χ2n) is 21.0. The maximum Gasteiger partial charge on any atom is 0.306 e. The van der Waals surface area contributed by atoms with Crippen LogP contribution in [-0.2, 0) is 28.6 Å². The van der Waals surface area contributed by atoms with Gasteiger partial charge in [0, 0.05) is 19.3 Å². The summed E-state index contributed by atoms with van der Waals surface area (Å²) in [6.07, 6.45) is 74.6. The van der Waals surface area contributed by atoms with Gasteiger partial charge in [0.1, 0.15) is 13.2 Å². The van der Waals surface area contributed by atoms with E-state index in [0.717, 1.165) is 77.0 Å². The monoisotopic (exact) mass is 995 g/mol. The van der Waals surface area contributed by atoms with Crippen LogP contribution in [0.1, 0.15) is 329 Å². The molecule has 0 bridgehead atoms. The number of hydrogen-bond acceptors (Lipinski definition) is 6. The lowest BCUT2D eigenvalue weighted by atomic mass is 10.0. The predicted octanol–water partition coefficient (Wildman–Crippen LogP) is 21.0. The van der Waals surface area contributed by atoms with Crippen LogP contribution < -0.4 is 0 Å². The van der Waals surface area contributed by atoms with Gasteiger partial charge < -0.3 is 14.2 Å². The van der Waals surface area contributed by atoms with Crippen molar-refractivity contribution in [3.63, 3.8) is 0 Å². The van der Waals surface area contributed by atoms with Gasteiger partial charge in [-0.25, -0.2) is 0 Å². The highest BCUT2D eigenvalue weighted by Crippen LogP contribution is 2.17. The Kier molecular flexibility index (Phi) is 57.7. The van der Waals surface area contributed by atoms with E-state index in [0.29, 0.717) is 19.3 Å². The smallest absolute Gasteiger partial charge is 0.306 e. The third-order valence-corrected chi connectivity index (χ3v) is 13.8. The van der Waals surface area contributed by atoms with Crippen LogP contribution in [-0.4, -0.2) is 37.2 Å². The third-order valence-electron chi connectivity index (χ3n) is 13.8. The minimum absolute atomic E-state index is 0.0720. The fourth-order valence-electron chi connectivity index (χ4n) is 9.09. The standard InChI is InChI=1S/C65H118O6/c1-4-7-10-13-15-17-19-21-23-25-26-27-28-29-30-31-32-33-34-35-36-37-38-40-41-43-45-47-49-52-55-58-64(67)70-61-62(60-69-63(66)57-54-51-12-9-6-3)71-65(68)59-56-53-50-48-46-44-42-39-24-22-20-18-16-14-11-8-5-2/h19,21-22,24-26,28-29,62H,4-18,20,23,27,30-61H2,1-3H3/b21-19-,24-22-,26-25-,29-28-. The zero-order valence-electron chi connectivity index (χ0n) is 47.5. The van der Waals surface area contributed by atoms with Crippen molar-refractivity contribution in [3.8, 4) is 0 Å². The first kappa shape index (κ1) is 68.4. The minimum Gasteiger partial charge on any atom is -0.462 e. The van der Waals surface area contributed by atoms with Gasteiger partial charge in [0.05, 0.1) is 0 Å². The molecule has 0 aromatic heterocycles. The molecule has 0 aliphatic rings. The average molecular weight is 996 g/mol. The molecule has 0 aliphatic heterocycles. The Morgan fingerprint density at radius 1 is 0.282 bits per heavy atom. The highest BCUT2D eigenvalue weighted by molar-refractivity contribution is 5.71. The van der Waals surface area contributed by atoms with E-state index in [1.54, 1.807) is 0 Å². The molecule has 0 rings (SSSR count). The van der Waals surface area contributed by atoms with Crippen molar-refractivity contribution in [2.75, 3.05) is 13.2 Å². The fourth-order valence-corrected chi connectivity index (χ4v) is 9.09. The number of allylic oxidation sites excluding steroid dienone is 8. The molecule has 0 N–H and O–H groups in total. The molecule has 0 fully saturated rings. The first-order valence-electron chi connectivity index (χ1n) is 31.1. The molecule has 6 nitrogen and oxygen atoms in total. The molecule has 0 radical (unpaired) electrons. The summed E-state index contributed by atoms with van der Waals surface area (Å²) in [5.74, 6) is -0.876. The van der Waals surface area contributed by atoms with Gasteiger partial charge in [0.2, 0.25) is 0 Å². The summed E-state index contributed by atoms with van der Waals surface area (Å²) >= 11 is 0. The number of unbranched alkanes of at least 4 members (excludes halogenated alkanes) is 38. The van der Waals surface area contributed by atoms with E-state index in [1.807, 2.05) is 0 Å². The molecule has 0 spiro atoms. The normalized spacial score (nSPS) is 12.3. The second kappa shape index (κ2) is 59.9. The van der Waals surface area contributed by atoms with E-state index in [1.165, 1.54) is 212 Å². The van der Waals surface area contributed by atoms with Gasteiger partial charge in [-0.1, -0.05) is 275 Å². The van der Waals surface area contributed by atoms with Crippen LogP contribution in [0.5, 0.6) is 0 Å². The summed E-state index contributed by atoms with van der Waals surface area (Å²) < 4.78 is 16.7. The lowest BCUT2D eigenvalue weighted by molar-refractivity contribution is -0.167. The second-order valence-corrected chi connectivity index (χ2v) is 21.0. The van der Waals surface area contributed by atoms with Gasteiger partial charge >= 0.3 is 17.9 Å². The summed E-state index contributed by atoms with van der Waals surface area (Å²) in [6, 6.07) is 0. The first-order chi connectivity index (χ1) is 35.0. The molecule has 0 heterocycles. The topological polar surface area (TPSA) is 78.9 Å². The molecule has 1 unspecified atom stereocenters. The van der Waals surface area contributed by atoms with Gasteiger partial charge in [-0.2, -0.15) is 0 Å². The highest BCUT2D eigenvalue weighted by atomic mass is 16.6. The molecule has 0 aromatic rings. The summed E-state index contributed by atoms with van der Waals surface area (Å²) in [5.41, 5.74) is 0. The number of hydrogen-bond donors (Lipinski definition) is 0. The molecule has 414 valence electrons. The summed E-state index contributed by atoms with van der Waals surface area (Å²) in [7, 11) is 0. The van der Waals surface area contributed by atoms with Crippen LogP contribution in [0.2, 0.25) is 0 Å². The van der Waals surface area contributed by atoms with Gasteiger partial charge in [-0.3, -0.25) is 14.4 Å². The summed E-state index contributed by atoms with van der Waals surface area (Å²) in [4.78, 5) is 37.8. The minimum atomic E-state index is -0.770. The van der Waals surface area contributed by atoms with Crippen molar-refractivity contribution in [3.05, 3.63) is 48.6 Å². The van der Waals surface area contributed by atoms with E-state index in [9.17, 15) is 14.4 Å². The average Bonchev–Trinajstić information content (AvgIpc) is 3.37. The van der Waals surface area contributed by atoms with Crippen molar-refractivity contribution in [2.45, 2.75) is 335 Å². The molecule has 0 saturated carbocycles. The van der Waals surface area contributed by atoms with Crippen LogP contribution in [0.15, 0.2) is 48.6 Å². The fraction of sp³-hybridized carbons (Fsp3) is 0.831. The molecule has 1 atom stereocenters. The SMILES string of the molecule is CCCCCCC/C=C\C/C=C\C/C=C\CCCCCCCCCCCCCCCCCCC(=O)OCC(COC(=O)CCCCCCC)OC(=O)CCCCCCCCC/C=C\CCCCCCCC. The zero-order valence-corrected chi connectivity index (χ0v) is 47.5. The quantitative estimate of drug-likeness (QED) is 0.0261. The van der Waals surface area contributed by atoms with Crippen molar-refractivity contribution in [2.24, 2.45) is 0 Å². The van der Waals surface area contributed by atoms with E-state index in [4.69, 9.17) is 14.2 Å². The van der Waals surface area contributed by atoms with E-state index in [-0.39, 0.29) is 31.1 Å². The first-order valence-corrected chi connectivity index (χ1v) is 31.1. The molecular formula is C65H118O6. The van der Waals surface area contributed by atoms with Crippen molar-refractivity contribution >= 4 is 17.9 Å². The summed E-state index contributed by atoms with van der Waals surface area (Å²) in [6.45, 7) is 6.57. The van der Waals surface area contributed by atoms with Gasteiger partial charge in [-0.15, -0.1) is 0 Å². The van der Waals surface area contributed by atoms with Crippen molar-refractivity contribution in [1.29, 1.82) is 0 Å². The zero-order chi connectivity index (χ0) is 51.4. The largest absolute Gasteiger partial charge is 0.462 e. The van der Waals surface area contributed by atoms with Gasteiger partial charge in [0.15, 0.2) is 6.10 Å². The van der Waals surface area contributed by atoms with E-state index < -0.39 is 6.10 Å². The van der Waals surface area contributed by atoms with Crippen LogP contribution >= 0.6 is 0 Å². The lowest BCUT2D eigenvalue weighted by Crippen LogP contribution is -2.30. The Labute approximate surface area is 441 Å². The molecular weight excluding hydrogens is 877 g/mol. The lowest BCUT2D eigenvalue weighted by Gasteiger charge is -2.18. The van der Waals surface area contributed by atoms with E-state index >= 15 is 0 Å². The van der Waals surface area contributed by atoms with Crippen LogP contribution in [0, 0.1) is 0 Å². The Bertz CT molecular complexity index is 1230. The number of ether oxygens (including phenoxy) is 3. The molecule has 6 heteroatoms. The van der Waals surface area contributed by atoms with Gasteiger partial charge in [-0.05, 0) is 83.5 Å². The van der Waals surface area contributed by atoms with Crippen LogP contribution in [0.4, 0.5) is 0 Å². The maximum atomic E-state index is 12.8. The number of carbonyl (C=O) groups excluding carboxylic acids is 3. The Balaban J connectivity index is 3.96. The number of esters is 3. The van der Waals surface area contributed by atoms with Crippen molar-refractivity contribution < 1.29 is 28.6 Å². The predicted molar refractivity (Wildman–Crippen MR) is 307 cm³/mol. The Morgan fingerprint density at radius 3 is 0.803 bits per heavy atom. The van der Waals surface area contributed by atoms with Crippen LogP contribution in [0.25, 0.3) is 0 Å². The molecule has 0 aromatic carbocycles. The Morgan fingerprint density at radius 2 is 0.507 bits per heavy atom. The molecule has 71 heavy (non-hydrogen) atoms. The molecule has 0 amide bonds. The third kappa shape index (κ3) is 58.1. The molecule has 0 saturated heterocycles. The maximum absolute atomic E-state index is 12.8. The molecule has 0 aliphatic carbocycles. The highest BCUT2D eigenvalue weighted by Gasteiger charge is 2.19. The van der Waals surface area contributed by atoms with Crippen molar-refractivity contribution in [1.82, 2.24) is 0 Å². The Hall–Kier alpha value is -2.63. The van der Waals surface area contributed by atoms with E-state index in [2.05, 4.69) is 69.4 Å².